The molecule has 0 aromatic heterocycles. The second kappa shape index (κ2) is 7.42. The maximum absolute atomic E-state index is 14.5. The van der Waals surface area contributed by atoms with Crippen LogP contribution in [0.15, 0.2) is 0 Å². The number of hydrogen-bond acceptors (Lipinski definition) is 1. The Bertz CT molecular complexity index is 353. The molecule has 1 nitrogen and oxygen atoms in total. The molecule has 0 saturated heterocycles. The van der Waals surface area contributed by atoms with Crippen LogP contribution in [-0.4, -0.2) is 30.6 Å². The predicted octanol–water partition coefficient (Wildman–Crippen LogP) is 4.66. The van der Waals surface area contributed by atoms with Crippen LogP contribution < -0.4 is 0 Å². The Morgan fingerprint density at radius 1 is 0.773 bits per heavy atom. The summed E-state index contributed by atoms with van der Waals surface area (Å²) in [5.41, 5.74) is 0. The first-order valence-electron chi connectivity index (χ1n) is 9.28. The zero-order chi connectivity index (χ0) is 15.7. The number of rotatable bonds is 2. The number of halogens is 2. The summed E-state index contributed by atoms with van der Waals surface area (Å²) in [6.45, 7) is 0. The fourth-order valence-electron chi connectivity index (χ4n) is 5.29. The first-order chi connectivity index (χ1) is 10.6. The van der Waals surface area contributed by atoms with Crippen molar-refractivity contribution in [1.82, 2.24) is 0 Å². The van der Waals surface area contributed by atoms with E-state index in [9.17, 15) is 9.50 Å². The van der Waals surface area contributed by atoms with Crippen LogP contribution in [0.4, 0.5) is 4.39 Å². The molecule has 0 aromatic rings. The molecule has 124 valence electrons. The quantitative estimate of drug-likeness (QED) is 0.578. The number of alkyl halides is 2. The zero-order valence-electron chi connectivity index (χ0n) is 13.5. The SMILES string of the molecule is [B]C1CCC(C2CCC(C3CCC(O)C(Cl)C3F)CC2)CC1. The predicted molar refractivity (Wildman–Crippen MR) is 90.2 cm³/mol. The van der Waals surface area contributed by atoms with Gasteiger partial charge in [0.25, 0.3) is 0 Å². The fourth-order valence-corrected chi connectivity index (χ4v) is 5.60. The Labute approximate surface area is 140 Å². The van der Waals surface area contributed by atoms with Crippen molar-refractivity contribution in [1.29, 1.82) is 0 Å². The van der Waals surface area contributed by atoms with Crippen LogP contribution in [0.5, 0.6) is 0 Å². The molecule has 4 heteroatoms. The summed E-state index contributed by atoms with van der Waals surface area (Å²) in [4.78, 5) is 0. The van der Waals surface area contributed by atoms with E-state index in [1.165, 1.54) is 38.5 Å². The van der Waals surface area contributed by atoms with Crippen molar-refractivity contribution in [3.8, 4) is 0 Å². The van der Waals surface area contributed by atoms with Crippen molar-refractivity contribution in [3.63, 3.8) is 0 Å². The van der Waals surface area contributed by atoms with E-state index >= 15 is 0 Å². The molecular formula is C18H29BClFO. The largest absolute Gasteiger partial charge is 0.391 e. The highest BCUT2D eigenvalue weighted by molar-refractivity contribution is 6.21. The summed E-state index contributed by atoms with van der Waals surface area (Å²) in [6.07, 6.45) is 9.55. The van der Waals surface area contributed by atoms with Gasteiger partial charge in [-0.15, -0.1) is 11.6 Å². The first kappa shape index (κ1) is 17.1. The lowest BCUT2D eigenvalue weighted by molar-refractivity contribution is 0.0144. The molecular weight excluding hydrogens is 297 g/mol. The molecule has 3 aliphatic rings. The van der Waals surface area contributed by atoms with Crippen molar-refractivity contribution in [3.05, 3.63) is 0 Å². The van der Waals surface area contributed by atoms with Crippen molar-refractivity contribution in [2.24, 2.45) is 23.7 Å². The van der Waals surface area contributed by atoms with Gasteiger partial charge in [-0.25, -0.2) is 4.39 Å². The van der Waals surface area contributed by atoms with Gasteiger partial charge < -0.3 is 5.11 Å². The number of aliphatic hydroxyl groups is 1. The van der Waals surface area contributed by atoms with Crippen LogP contribution in [-0.2, 0) is 0 Å². The third kappa shape index (κ3) is 3.66. The highest BCUT2D eigenvalue weighted by Gasteiger charge is 2.43. The summed E-state index contributed by atoms with van der Waals surface area (Å²) >= 11 is 6.06. The summed E-state index contributed by atoms with van der Waals surface area (Å²) in [5, 5.41) is 9.02. The van der Waals surface area contributed by atoms with E-state index in [0.29, 0.717) is 18.2 Å². The highest BCUT2D eigenvalue weighted by atomic mass is 35.5. The molecule has 0 bridgehead atoms. The molecule has 0 amide bonds. The van der Waals surface area contributed by atoms with Crippen molar-refractivity contribution >= 4 is 19.4 Å². The molecule has 3 fully saturated rings. The standard InChI is InChI=1S/C18H29BClFO/c19-14-7-5-12(6-8-14)11-1-3-13(4-2-11)15-9-10-16(22)17(20)18(15)21/h11-18,22H,1-10H2. The van der Waals surface area contributed by atoms with Gasteiger partial charge in [0, 0.05) is 0 Å². The average molecular weight is 327 g/mol. The molecule has 0 aromatic carbocycles. The first-order valence-corrected chi connectivity index (χ1v) is 9.71. The molecule has 0 heterocycles. The second-order valence-corrected chi connectivity index (χ2v) is 8.55. The summed E-state index contributed by atoms with van der Waals surface area (Å²) < 4.78 is 14.5. The van der Waals surface area contributed by atoms with Crippen LogP contribution in [0.3, 0.4) is 0 Å². The van der Waals surface area contributed by atoms with Gasteiger partial charge in [-0.3, -0.25) is 0 Å². The van der Waals surface area contributed by atoms with Gasteiger partial charge in [0.1, 0.15) is 6.17 Å². The van der Waals surface area contributed by atoms with Gasteiger partial charge >= 0.3 is 0 Å². The third-order valence-corrected chi connectivity index (χ3v) is 7.31. The average Bonchev–Trinajstić information content (AvgIpc) is 2.54. The van der Waals surface area contributed by atoms with E-state index in [-0.39, 0.29) is 5.92 Å². The number of hydrogen-bond donors (Lipinski definition) is 1. The van der Waals surface area contributed by atoms with E-state index in [0.717, 1.165) is 31.1 Å². The molecule has 22 heavy (non-hydrogen) atoms. The summed E-state index contributed by atoms with van der Waals surface area (Å²) in [5.74, 6) is 2.67. The molecule has 0 spiro atoms. The summed E-state index contributed by atoms with van der Waals surface area (Å²) in [6, 6.07) is 0. The van der Waals surface area contributed by atoms with E-state index in [1.54, 1.807) is 0 Å². The number of aliphatic hydroxyl groups excluding tert-OH is 1. The van der Waals surface area contributed by atoms with Gasteiger partial charge in [-0.05, 0) is 62.2 Å². The Morgan fingerprint density at radius 2 is 1.27 bits per heavy atom. The van der Waals surface area contributed by atoms with Crippen LogP contribution in [0.1, 0.15) is 64.2 Å². The van der Waals surface area contributed by atoms with E-state index in [2.05, 4.69) is 0 Å². The third-order valence-electron chi connectivity index (χ3n) is 6.78. The molecule has 4 unspecified atom stereocenters. The van der Waals surface area contributed by atoms with E-state index < -0.39 is 17.7 Å². The van der Waals surface area contributed by atoms with Crippen molar-refractivity contribution < 1.29 is 9.50 Å². The van der Waals surface area contributed by atoms with E-state index in [1.807, 2.05) is 0 Å². The molecule has 0 aliphatic heterocycles. The topological polar surface area (TPSA) is 20.2 Å². The maximum Gasteiger partial charge on any atom is 0.122 e. The minimum Gasteiger partial charge on any atom is -0.391 e. The Kier molecular flexibility index (Phi) is 5.76. The lowest BCUT2D eigenvalue weighted by atomic mass is 9.63. The minimum atomic E-state index is -1.03. The zero-order valence-corrected chi connectivity index (χ0v) is 14.2. The minimum absolute atomic E-state index is 0.0756. The van der Waals surface area contributed by atoms with Crippen LogP contribution in [0, 0.1) is 23.7 Å². The lowest BCUT2D eigenvalue weighted by Gasteiger charge is -2.43. The second-order valence-electron chi connectivity index (χ2n) is 8.05. The lowest BCUT2D eigenvalue weighted by Crippen LogP contribution is -2.44. The molecule has 3 aliphatic carbocycles. The highest BCUT2D eigenvalue weighted by Crippen LogP contribution is 2.46. The molecule has 4 atom stereocenters. The Morgan fingerprint density at radius 3 is 1.86 bits per heavy atom. The van der Waals surface area contributed by atoms with Crippen LogP contribution in [0.2, 0.25) is 5.82 Å². The van der Waals surface area contributed by atoms with Gasteiger partial charge in [-0.2, -0.15) is 0 Å². The maximum atomic E-state index is 14.5. The molecule has 3 saturated carbocycles. The van der Waals surface area contributed by atoms with Gasteiger partial charge in [-0.1, -0.05) is 31.5 Å². The van der Waals surface area contributed by atoms with Crippen molar-refractivity contribution in [2.75, 3.05) is 0 Å². The fraction of sp³-hybridized carbons (Fsp3) is 1.00. The van der Waals surface area contributed by atoms with Crippen molar-refractivity contribution in [2.45, 2.75) is 87.7 Å². The molecule has 3 rings (SSSR count). The van der Waals surface area contributed by atoms with Gasteiger partial charge in [0.2, 0.25) is 0 Å². The van der Waals surface area contributed by atoms with E-state index in [4.69, 9.17) is 19.4 Å². The van der Waals surface area contributed by atoms with Gasteiger partial charge in [0.15, 0.2) is 0 Å². The monoisotopic (exact) mass is 326 g/mol. The smallest absolute Gasteiger partial charge is 0.122 e. The molecule has 1 N–H and O–H groups in total. The Hall–Kier alpha value is 0.245. The van der Waals surface area contributed by atoms with Gasteiger partial charge in [0.05, 0.1) is 19.3 Å². The Balaban J connectivity index is 1.49. The van der Waals surface area contributed by atoms with Crippen LogP contribution in [0.25, 0.3) is 0 Å². The van der Waals surface area contributed by atoms with Crippen LogP contribution >= 0.6 is 11.6 Å². The summed E-state index contributed by atoms with van der Waals surface area (Å²) in [7, 11) is 6.01. The molecule has 2 radical (unpaired) electrons. The normalized spacial score (nSPS) is 50.7.